The highest BCUT2D eigenvalue weighted by molar-refractivity contribution is 6.30. The molecule has 3 aliphatic carbocycles. The summed E-state index contributed by atoms with van der Waals surface area (Å²) in [7, 11) is 0. The zero-order chi connectivity index (χ0) is 21.2. The average molecular weight is 428 g/mol. The number of aryl methyl sites for hydroxylation is 1. The molecule has 0 spiro atoms. The van der Waals surface area contributed by atoms with Gasteiger partial charge >= 0.3 is 0 Å². The van der Waals surface area contributed by atoms with Gasteiger partial charge in [0, 0.05) is 22.4 Å². The van der Waals surface area contributed by atoms with E-state index in [9.17, 15) is 9.59 Å². The highest BCUT2D eigenvalue weighted by Gasteiger charge is 2.71. The first-order valence-electron chi connectivity index (χ1n) is 10.3. The average Bonchev–Trinajstić information content (AvgIpc) is 2.67. The molecule has 158 valence electrons. The topological polar surface area (TPSA) is 64.6 Å². The Balaban J connectivity index is 1.13. The molecule has 2 aromatic carbocycles. The van der Waals surface area contributed by atoms with Gasteiger partial charge in [0.15, 0.2) is 6.61 Å². The Morgan fingerprint density at radius 3 is 2.23 bits per heavy atom. The van der Waals surface area contributed by atoms with Gasteiger partial charge in [-0.25, -0.2) is 0 Å². The first kappa shape index (κ1) is 20.7. The molecule has 5 rings (SSSR count). The number of ether oxygens (including phenoxy) is 2. The van der Waals surface area contributed by atoms with Crippen molar-refractivity contribution in [3.63, 3.8) is 0 Å². The van der Waals surface area contributed by atoms with Gasteiger partial charge in [0.25, 0.3) is 5.91 Å². The number of amides is 1. The molecule has 2 aromatic rings. The van der Waals surface area contributed by atoms with E-state index in [0.29, 0.717) is 36.0 Å². The van der Waals surface area contributed by atoms with E-state index in [1.54, 1.807) is 24.3 Å². The molecule has 0 unspecified atom stereocenters. The molecule has 3 saturated carbocycles. The number of benzene rings is 2. The fourth-order valence-corrected chi connectivity index (χ4v) is 4.68. The minimum atomic E-state index is -0.228. The van der Waals surface area contributed by atoms with Crippen LogP contribution in [0, 0.1) is 12.3 Å². The van der Waals surface area contributed by atoms with Crippen LogP contribution in [0.1, 0.15) is 37.7 Å². The number of nitrogens with one attached hydrogen (secondary N) is 1. The lowest BCUT2D eigenvalue weighted by Crippen LogP contribution is -2.77. The van der Waals surface area contributed by atoms with Gasteiger partial charge in [-0.05, 0) is 69.0 Å². The van der Waals surface area contributed by atoms with Crippen molar-refractivity contribution in [2.45, 2.75) is 44.6 Å². The zero-order valence-electron chi connectivity index (χ0n) is 17.1. The summed E-state index contributed by atoms with van der Waals surface area (Å²) in [6.07, 6.45) is 3.46. The van der Waals surface area contributed by atoms with Crippen molar-refractivity contribution >= 4 is 23.3 Å². The Kier molecular flexibility index (Phi) is 5.74. The van der Waals surface area contributed by atoms with Crippen LogP contribution in [0.4, 0.5) is 0 Å². The van der Waals surface area contributed by atoms with Crippen LogP contribution in [-0.2, 0) is 9.59 Å². The van der Waals surface area contributed by atoms with Gasteiger partial charge < -0.3 is 14.8 Å². The molecule has 3 aliphatic rings. The van der Waals surface area contributed by atoms with Gasteiger partial charge in [-0.1, -0.05) is 29.3 Å². The highest BCUT2D eigenvalue weighted by atomic mass is 35.5. The lowest BCUT2D eigenvalue weighted by atomic mass is 9.37. The third-order valence-corrected chi connectivity index (χ3v) is 6.30. The van der Waals surface area contributed by atoms with Crippen molar-refractivity contribution in [1.29, 1.82) is 0 Å². The van der Waals surface area contributed by atoms with E-state index in [1.807, 2.05) is 31.2 Å². The van der Waals surface area contributed by atoms with Gasteiger partial charge in [-0.15, -0.1) is 0 Å². The van der Waals surface area contributed by atoms with E-state index in [1.165, 1.54) is 5.56 Å². The number of Topliss-reactive ketones (excluding diaryl/α,β-unsaturated/α-hetero) is 1. The van der Waals surface area contributed by atoms with Crippen molar-refractivity contribution in [3.8, 4) is 11.5 Å². The minimum Gasteiger partial charge on any atom is -0.494 e. The van der Waals surface area contributed by atoms with Gasteiger partial charge in [0.2, 0.25) is 0 Å². The molecule has 0 aliphatic heterocycles. The van der Waals surface area contributed by atoms with Gasteiger partial charge in [0.05, 0.1) is 6.61 Å². The molecule has 3 fully saturated rings. The monoisotopic (exact) mass is 427 g/mol. The molecular weight excluding hydrogens is 402 g/mol. The fraction of sp³-hybridized carbons (Fsp3) is 0.417. The van der Waals surface area contributed by atoms with Crippen molar-refractivity contribution < 1.29 is 19.1 Å². The third-order valence-electron chi connectivity index (χ3n) is 6.05. The van der Waals surface area contributed by atoms with Crippen molar-refractivity contribution in [2.24, 2.45) is 5.41 Å². The molecule has 0 heterocycles. The minimum absolute atomic E-state index is 0.0410. The summed E-state index contributed by atoms with van der Waals surface area (Å²) in [5.41, 5.74) is 0.751. The van der Waals surface area contributed by atoms with Crippen molar-refractivity contribution in [1.82, 2.24) is 5.32 Å². The zero-order valence-corrected chi connectivity index (χ0v) is 17.8. The first-order chi connectivity index (χ1) is 14.4. The number of rotatable bonds is 10. The predicted octanol–water partition coefficient (Wildman–Crippen LogP) is 4.49. The van der Waals surface area contributed by atoms with Crippen molar-refractivity contribution in [2.75, 3.05) is 13.2 Å². The normalized spacial score (nSPS) is 23.7. The van der Waals surface area contributed by atoms with Crippen LogP contribution >= 0.6 is 11.6 Å². The van der Waals surface area contributed by atoms with Crippen LogP contribution < -0.4 is 14.8 Å². The van der Waals surface area contributed by atoms with Gasteiger partial charge in [0.1, 0.15) is 17.3 Å². The van der Waals surface area contributed by atoms with Gasteiger partial charge in [-0.2, -0.15) is 0 Å². The molecule has 1 N–H and O–H groups in total. The molecule has 0 aromatic heterocycles. The number of carbonyl (C=O) groups is 2. The van der Waals surface area contributed by atoms with Crippen LogP contribution in [0.15, 0.2) is 48.5 Å². The standard InChI is InChI=1S/C24H26ClNO4/c1-17-4-8-19(9-5-17)29-12-2-3-21(27)23-14-24(15-23,16-23)26-22(28)13-30-20-10-6-18(25)7-11-20/h4-11H,2-3,12-16H2,1H3,(H,26,28). The lowest BCUT2D eigenvalue weighted by molar-refractivity contribution is -0.182. The number of carbonyl (C=O) groups excluding carboxylic acids is 2. The number of hydrogen-bond donors (Lipinski definition) is 1. The molecule has 30 heavy (non-hydrogen) atoms. The Morgan fingerprint density at radius 2 is 1.57 bits per heavy atom. The van der Waals surface area contributed by atoms with Crippen molar-refractivity contribution in [3.05, 3.63) is 59.1 Å². The predicted molar refractivity (Wildman–Crippen MR) is 115 cm³/mol. The molecule has 2 bridgehead atoms. The summed E-state index contributed by atoms with van der Waals surface area (Å²) in [6.45, 7) is 2.53. The summed E-state index contributed by atoms with van der Waals surface area (Å²) >= 11 is 5.84. The van der Waals surface area contributed by atoms with E-state index in [2.05, 4.69) is 5.32 Å². The second-order valence-corrected chi connectivity index (χ2v) is 9.01. The maximum absolute atomic E-state index is 12.6. The summed E-state index contributed by atoms with van der Waals surface area (Å²) in [5, 5.41) is 3.67. The first-order valence-corrected chi connectivity index (χ1v) is 10.7. The third kappa shape index (κ3) is 4.46. The Morgan fingerprint density at radius 1 is 0.967 bits per heavy atom. The molecule has 6 heteroatoms. The molecule has 5 nitrogen and oxygen atoms in total. The van der Waals surface area contributed by atoms with Crippen LogP contribution in [0.25, 0.3) is 0 Å². The number of hydrogen-bond acceptors (Lipinski definition) is 4. The molecule has 0 saturated heterocycles. The largest absolute Gasteiger partial charge is 0.494 e. The quantitative estimate of drug-likeness (QED) is 0.567. The van der Waals surface area contributed by atoms with Crippen LogP contribution in [0.2, 0.25) is 5.02 Å². The Labute approximate surface area is 181 Å². The van der Waals surface area contributed by atoms with Crippen LogP contribution in [-0.4, -0.2) is 30.4 Å². The molecule has 0 radical (unpaired) electrons. The van der Waals surface area contributed by atoms with Crippen LogP contribution in [0.3, 0.4) is 0 Å². The van der Waals surface area contributed by atoms with Crippen LogP contribution in [0.5, 0.6) is 11.5 Å². The highest BCUT2D eigenvalue weighted by Crippen LogP contribution is 2.68. The van der Waals surface area contributed by atoms with E-state index in [0.717, 1.165) is 25.0 Å². The second kappa shape index (κ2) is 8.31. The Hall–Kier alpha value is -2.53. The lowest BCUT2D eigenvalue weighted by Gasteiger charge is -2.69. The van der Waals surface area contributed by atoms with E-state index in [4.69, 9.17) is 21.1 Å². The molecular formula is C24H26ClNO4. The number of halogens is 1. The summed E-state index contributed by atoms with van der Waals surface area (Å²) < 4.78 is 11.2. The van der Waals surface area contributed by atoms with E-state index >= 15 is 0 Å². The SMILES string of the molecule is Cc1ccc(OCCCC(=O)C23CC(NC(=O)COc4ccc(Cl)cc4)(C2)C3)cc1. The van der Waals surface area contributed by atoms with E-state index in [-0.39, 0.29) is 23.5 Å². The molecule has 1 amide bonds. The smallest absolute Gasteiger partial charge is 0.258 e. The maximum Gasteiger partial charge on any atom is 0.258 e. The van der Waals surface area contributed by atoms with Gasteiger partial charge in [-0.3, -0.25) is 9.59 Å². The molecule has 0 atom stereocenters. The summed E-state index contributed by atoms with van der Waals surface area (Å²) in [5.74, 6) is 1.58. The summed E-state index contributed by atoms with van der Waals surface area (Å²) in [6, 6.07) is 14.8. The number of ketones is 1. The summed E-state index contributed by atoms with van der Waals surface area (Å²) in [4.78, 5) is 24.8. The fourth-order valence-electron chi connectivity index (χ4n) is 4.55. The van der Waals surface area contributed by atoms with E-state index < -0.39 is 0 Å². The second-order valence-electron chi connectivity index (χ2n) is 8.57. The Bertz CT molecular complexity index is 903. The maximum atomic E-state index is 12.6.